The minimum atomic E-state index is -4.23. The van der Waals surface area contributed by atoms with Crippen molar-refractivity contribution < 1.29 is 22.5 Å². The van der Waals surface area contributed by atoms with Gasteiger partial charge in [0.1, 0.15) is 0 Å². The second kappa shape index (κ2) is 8.05. The zero-order valence-electron chi connectivity index (χ0n) is 10.1. The van der Waals surface area contributed by atoms with Gasteiger partial charge in [0.15, 0.2) is 0 Å². The molecule has 3 nitrogen and oxygen atoms in total. The Labute approximate surface area is 102 Å². The molecule has 0 heterocycles. The molecule has 2 N–H and O–H groups in total. The molecular weight excluding hydrogens is 255 g/mol. The first-order valence-corrected chi connectivity index (χ1v) is 7.04. The van der Waals surface area contributed by atoms with Gasteiger partial charge in [-0.15, -0.1) is 0 Å². The van der Waals surface area contributed by atoms with Gasteiger partial charge in [0.2, 0.25) is 0 Å². The molecule has 3 unspecified atom stereocenters. The summed E-state index contributed by atoms with van der Waals surface area (Å²) in [6.07, 6.45) is -5.15. The Bertz CT molecular complexity index is 234. The average Bonchev–Trinajstić information content (AvgIpc) is 2.20. The molecule has 0 amide bonds. The molecule has 0 rings (SSSR count). The summed E-state index contributed by atoms with van der Waals surface area (Å²) in [5.74, 6) is -0.0644. The highest BCUT2D eigenvalue weighted by molar-refractivity contribution is 7.84. The molecule has 7 heteroatoms. The van der Waals surface area contributed by atoms with E-state index in [1.54, 1.807) is 6.92 Å². The Kier molecular flexibility index (Phi) is 7.98. The number of nitrogens with one attached hydrogen (secondary N) is 1. The molecule has 0 aliphatic carbocycles. The van der Waals surface area contributed by atoms with Crippen molar-refractivity contribution in [2.45, 2.75) is 45.0 Å². The summed E-state index contributed by atoms with van der Waals surface area (Å²) in [6, 6.07) is -0.0707. The van der Waals surface area contributed by atoms with Crippen LogP contribution < -0.4 is 5.32 Å². The van der Waals surface area contributed by atoms with Gasteiger partial charge < -0.3 is 10.4 Å². The van der Waals surface area contributed by atoms with E-state index in [9.17, 15) is 17.4 Å². The van der Waals surface area contributed by atoms with Crippen LogP contribution in [0.3, 0.4) is 0 Å². The smallest absolute Gasteiger partial charge is 0.390 e. The minimum absolute atomic E-state index is 0.0707. The van der Waals surface area contributed by atoms with E-state index in [0.29, 0.717) is 13.0 Å². The van der Waals surface area contributed by atoms with Crippen molar-refractivity contribution in [3.05, 3.63) is 0 Å². The first-order chi connectivity index (χ1) is 7.72. The molecule has 0 aromatic carbocycles. The van der Waals surface area contributed by atoms with Crippen molar-refractivity contribution in [1.29, 1.82) is 0 Å². The number of halogens is 3. The standard InChI is InChI=1S/C10H20F3NO2S/c1-8(9(2)15)14-5-3-6-17(16)7-4-10(11,12)13/h8-9,14-15H,3-7H2,1-2H3. The van der Waals surface area contributed by atoms with Crippen LogP contribution in [0.25, 0.3) is 0 Å². The van der Waals surface area contributed by atoms with E-state index >= 15 is 0 Å². The highest BCUT2D eigenvalue weighted by Crippen LogP contribution is 2.19. The molecule has 0 aliphatic heterocycles. The van der Waals surface area contributed by atoms with Crippen LogP contribution in [0, 0.1) is 0 Å². The maximum absolute atomic E-state index is 11.8. The third kappa shape index (κ3) is 10.7. The molecule has 0 aromatic rings. The molecule has 104 valence electrons. The summed E-state index contributed by atoms with van der Waals surface area (Å²) in [7, 11) is -1.41. The van der Waals surface area contributed by atoms with Crippen molar-refractivity contribution >= 4 is 10.8 Å². The lowest BCUT2D eigenvalue weighted by molar-refractivity contribution is -0.129. The number of rotatable bonds is 8. The van der Waals surface area contributed by atoms with Gasteiger partial charge in [0, 0.05) is 28.3 Å². The molecule has 0 radical (unpaired) electrons. The van der Waals surface area contributed by atoms with Crippen LogP contribution >= 0.6 is 0 Å². The minimum Gasteiger partial charge on any atom is -0.392 e. The monoisotopic (exact) mass is 275 g/mol. The molecule has 0 spiro atoms. The van der Waals surface area contributed by atoms with Crippen LogP contribution in [-0.2, 0) is 10.8 Å². The number of hydrogen-bond acceptors (Lipinski definition) is 3. The fourth-order valence-corrected chi connectivity index (χ4v) is 2.19. The van der Waals surface area contributed by atoms with Crippen LogP contribution in [0.1, 0.15) is 26.7 Å². The molecular formula is C10H20F3NO2S. The zero-order chi connectivity index (χ0) is 13.5. The fourth-order valence-electron chi connectivity index (χ4n) is 1.07. The first kappa shape index (κ1) is 16.9. The second-order valence-corrected chi connectivity index (χ2v) is 5.75. The third-order valence-corrected chi connectivity index (χ3v) is 3.76. The Hall–Kier alpha value is -0.140. The lowest BCUT2D eigenvalue weighted by Crippen LogP contribution is -2.36. The molecule has 17 heavy (non-hydrogen) atoms. The summed E-state index contributed by atoms with van der Waals surface area (Å²) < 4.78 is 46.7. The third-order valence-electron chi connectivity index (χ3n) is 2.35. The van der Waals surface area contributed by atoms with Crippen LogP contribution in [0.15, 0.2) is 0 Å². The van der Waals surface area contributed by atoms with E-state index in [-0.39, 0.29) is 17.5 Å². The lowest BCUT2D eigenvalue weighted by atomic mass is 10.2. The van der Waals surface area contributed by atoms with Crippen molar-refractivity contribution in [3.63, 3.8) is 0 Å². The van der Waals surface area contributed by atoms with Gasteiger partial charge in [-0.3, -0.25) is 4.21 Å². The van der Waals surface area contributed by atoms with Gasteiger partial charge in [-0.1, -0.05) is 0 Å². The summed E-state index contributed by atoms with van der Waals surface area (Å²) in [5, 5.41) is 12.2. The van der Waals surface area contributed by atoms with Gasteiger partial charge in [0.25, 0.3) is 0 Å². The molecule has 0 saturated heterocycles. The van der Waals surface area contributed by atoms with E-state index in [2.05, 4.69) is 5.32 Å². The molecule has 0 fully saturated rings. The Morgan fingerprint density at radius 1 is 1.29 bits per heavy atom. The van der Waals surface area contributed by atoms with Gasteiger partial charge in [-0.05, 0) is 26.8 Å². The highest BCUT2D eigenvalue weighted by atomic mass is 32.2. The number of aliphatic hydroxyl groups is 1. The SMILES string of the molecule is CC(O)C(C)NCCCS(=O)CCC(F)(F)F. The van der Waals surface area contributed by atoms with Crippen molar-refractivity contribution in [2.75, 3.05) is 18.1 Å². The van der Waals surface area contributed by atoms with Crippen LogP contribution in [-0.4, -0.2) is 45.7 Å². The molecule has 0 aliphatic rings. The Morgan fingerprint density at radius 2 is 1.88 bits per heavy atom. The summed E-state index contributed by atoms with van der Waals surface area (Å²) in [4.78, 5) is 0. The van der Waals surface area contributed by atoms with E-state index < -0.39 is 29.5 Å². The molecule has 0 aromatic heterocycles. The van der Waals surface area contributed by atoms with Crippen LogP contribution in [0.2, 0.25) is 0 Å². The quantitative estimate of drug-likeness (QED) is 0.659. The van der Waals surface area contributed by atoms with Gasteiger partial charge in [0.05, 0.1) is 12.5 Å². The topological polar surface area (TPSA) is 49.3 Å². The average molecular weight is 275 g/mol. The normalized spacial score (nSPS) is 17.8. The van der Waals surface area contributed by atoms with Crippen molar-refractivity contribution in [1.82, 2.24) is 5.32 Å². The van der Waals surface area contributed by atoms with Crippen LogP contribution in [0.4, 0.5) is 13.2 Å². The number of aliphatic hydroxyl groups excluding tert-OH is 1. The van der Waals surface area contributed by atoms with Crippen molar-refractivity contribution in [3.8, 4) is 0 Å². The maximum atomic E-state index is 11.8. The Balaban J connectivity index is 3.52. The Morgan fingerprint density at radius 3 is 2.35 bits per heavy atom. The predicted molar refractivity (Wildman–Crippen MR) is 62.3 cm³/mol. The van der Waals surface area contributed by atoms with Gasteiger partial charge >= 0.3 is 6.18 Å². The van der Waals surface area contributed by atoms with Gasteiger partial charge in [-0.25, -0.2) is 0 Å². The van der Waals surface area contributed by atoms with E-state index in [0.717, 1.165) is 0 Å². The zero-order valence-corrected chi connectivity index (χ0v) is 10.9. The summed E-state index contributed by atoms with van der Waals surface area (Å²) in [6.45, 7) is 4.01. The molecule has 3 atom stereocenters. The summed E-state index contributed by atoms with van der Waals surface area (Å²) >= 11 is 0. The largest absolute Gasteiger partial charge is 0.392 e. The predicted octanol–water partition coefficient (Wildman–Crippen LogP) is 1.44. The number of alkyl halides is 3. The van der Waals surface area contributed by atoms with E-state index in [1.165, 1.54) is 0 Å². The number of hydrogen-bond donors (Lipinski definition) is 2. The fraction of sp³-hybridized carbons (Fsp3) is 1.00. The lowest BCUT2D eigenvalue weighted by Gasteiger charge is -2.16. The maximum Gasteiger partial charge on any atom is 0.390 e. The van der Waals surface area contributed by atoms with Gasteiger partial charge in [-0.2, -0.15) is 13.2 Å². The second-order valence-electron chi connectivity index (χ2n) is 4.05. The summed E-state index contributed by atoms with van der Waals surface area (Å²) in [5.41, 5.74) is 0. The first-order valence-electron chi connectivity index (χ1n) is 5.55. The van der Waals surface area contributed by atoms with E-state index in [1.807, 2.05) is 6.92 Å². The van der Waals surface area contributed by atoms with Crippen LogP contribution in [0.5, 0.6) is 0 Å². The van der Waals surface area contributed by atoms with E-state index in [4.69, 9.17) is 5.11 Å². The molecule has 0 saturated carbocycles. The molecule has 0 bridgehead atoms. The van der Waals surface area contributed by atoms with Crippen molar-refractivity contribution in [2.24, 2.45) is 0 Å². The highest BCUT2D eigenvalue weighted by Gasteiger charge is 2.27.